The average molecular weight is 334 g/mol. The van der Waals surface area contributed by atoms with Crippen molar-refractivity contribution >= 4 is 0 Å². The van der Waals surface area contributed by atoms with E-state index in [-0.39, 0.29) is 6.10 Å². The van der Waals surface area contributed by atoms with E-state index in [2.05, 4.69) is 0 Å². The Hall–Kier alpha value is -2.62. The zero-order chi connectivity index (χ0) is 17.5. The molecule has 0 aliphatic rings. The summed E-state index contributed by atoms with van der Waals surface area (Å²) in [5.74, 6) is 0.657. The summed E-state index contributed by atoms with van der Waals surface area (Å²) < 4.78 is 11.6. The summed E-state index contributed by atoms with van der Waals surface area (Å²) in [7, 11) is 1.66. The quantitative estimate of drug-likeness (QED) is 0.690. The van der Waals surface area contributed by atoms with E-state index >= 15 is 0 Å². The van der Waals surface area contributed by atoms with Gasteiger partial charge in [-0.1, -0.05) is 78.9 Å². The van der Waals surface area contributed by atoms with Gasteiger partial charge in [-0.05, 0) is 17.2 Å². The van der Waals surface area contributed by atoms with Crippen molar-refractivity contribution in [3.63, 3.8) is 0 Å². The first-order valence-corrected chi connectivity index (χ1v) is 8.32. The summed E-state index contributed by atoms with van der Waals surface area (Å²) in [6, 6.07) is 27.1. The number of ether oxygens (including phenoxy) is 2. The van der Waals surface area contributed by atoms with Crippen LogP contribution in [0.2, 0.25) is 0 Å². The van der Waals surface area contributed by atoms with Crippen molar-refractivity contribution in [2.24, 2.45) is 0 Å². The van der Waals surface area contributed by atoms with Crippen LogP contribution >= 0.6 is 0 Å². The molecule has 3 aromatic rings. The standard InChI is InChI=1S/C22H22O3/c1-24-16-21(17-10-4-2-5-11-17)25-20-15-9-8-14-19(20)22(23)18-12-6-3-7-13-18/h2-15,21-23H,16H2,1H3/t21-,22?/m1/s1. The lowest BCUT2D eigenvalue weighted by Gasteiger charge is -2.22. The van der Waals surface area contributed by atoms with Gasteiger partial charge in [-0.25, -0.2) is 0 Å². The molecule has 3 aromatic carbocycles. The number of aliphatic hydroxyl groups excluding tert-OH is 1. The highest BCUT2D eigenvalue weighted by atomic mass is 16.5. The molecule has 3 rings (SSSR count). The molecule has 0 aliphatic carbocycles. The van der Waals surface area contributed by atoms with Gasteiger partial charge in [-0.15, -0.1) is 0 Å². The van der Waals surface area contributed by atoms with Gasteiger partial charge in [-0.3, -0.25) is 0 Å². The van der Waals surface area contributed by atoms with E-state index in [0.717, 1.165) is 16.7 Å². The molecule has 0 spiro atoms. The maximum atomic E-state index is 10.8. The molecule has 0 saturated heterocycles. The first kappa shape index (κ1) is 17.2. The predicted octanol–water partition coefficient (Wildman–Crippen LogP) is 4.53. The summed E-state index contributed by atoms with van der Waals surface area (Å²) in [6.07, 6.45) is -0.980. The molecule has 2 atom stereocenters. The Morgan fingerprint density at radius 2 is 1.32 bits per heavy atom. The number of para-hydroxylation sites is 1. The van der Waals surface area contributed by atoms with E-state index in [9.17, 15) is 5.11 Å². The number of hydrogen-bond acceptors (Lipinski definition) is 3. The topological polar surface area (TPSA) is 38.7 Å². The van der Waals surface area contributed by atoms with E-state index in [0.29, 0.717) is 12.4 Å². The number of aliphatic hydroxyl groups is 1. The fraction of sp³-hybridized carbons (Fsp3) is 0.182. The molecular formula is C22H22O3. The minimum Gasteiger partial charge on any atom is -0.483 e. The average Bonchev–Trinajstić information content (AvgIpc) is 2.69. The second-order valence-electron chi connectivity index (χ2n) is 5.82. The minimum absolute atomic E-state index is 0.240. The molecule has 0 aromatic heterocycles. The number of rotatable bonds is 7. The number of hydrogen-bond donors (Lipinski definition) is 1. The molecule has 3 nitrogen and oxygen atoms in total. The summed E-state index contributed by atoms with van der Waals surface area (Å²) in [5.41, 5.74) is 2.61. The highest BCUT2D eigenvalue weighted by Gasteiger charge is 2.19. The van der Waals surface area contributed by atoms with E-state index in [1.54, 1.807) is 7.11 Å². The van der Waals surface area contributed by atoms with Gasteiger partial charge >= 0.3 is 0 Å². The van der Waals surface area contributed by atoms with Crippen molar-refractivity contribution in [2.45, 2.75) is 12.2 Å². The molecule has 0 bridgehead atoms. The molecule has 1 unspecified atom stereocenters. The van der Waals surface area contributed by atoms with Crippen LogP contribution in [0.1, 0.15) is 28.9 Å². The van der Waals surface area contributed by atoms with Crippen molar-refractivity contribution in [2.75, 3.05) is 13.7 Å². The third-order valence-corrected chi connectivity index (χ3v) is 4.09. The highest BCUT2D eigenvalue weighted by Crippen LogP contribution is 2.32. The van der Waals surface area contributed by atoms with E-state index in [1.807, 2.05) is 84.9 Å². The largest absolute Gasteiger partial charge is 0.483 e. The van der Waals surface area contributed by atoms with Crippen molar-refractivity contribution < 1.29 is 14.6 Å². The third-order valence-electron chi connectivity index (χ3n) is 4.09. The normalized spacial score (nSPS) is 13.2. The van der Waals surface area contributed by atoms with Crippen LogP contribution < -0.4 is 4.74 Å². The van der Waals surface area contributed by atoms with E-state index in [1.165, 1.54) is 0 Å². The maximum Gasteiger partial charge on any atom is 0.147 e. The van der Waals surface area contributed by atoms with Gasteiger partial charge in [0.2, 0.25) is 0 Å². The molecular weight excluding hydrogens is 312 g/mol. The molecule has 3 heteroatoms. The van der Waals surface area contributed by atoms with Crippen molar-refractivity contribution in [3.8, 4) is 5.75 Å². The van der Waals surface area contributed by atoms with E-state index < -0.39 is 6.10 Å². The fourth-order valence-electron chi connectivity index (χ4n) is 2.80. The Balaban J connectivity index is 1.89. The van der Waals surface area contributed by atoms with Gasteiger partial charge in [0.1, 0.15) is 18.0 Å². The van der Waals surface area contributed by atoms with Gasteiger partial charge in [0.15, 0.2) is 0 Å². The summed E-state index contributed by atoms with van der Waals surface area (Å²) in [4.78, 5) is 0. The lowest BCUT2D eigenvalue weighted by atomic mass is 10.0. The van der Waals surface area contributed by atoms with Gasteiger partial charge in [0.25, 0.3) is 0 Å². The SMILES string of the molecule is COC[C@@H](Oc1ccccc1C(O)c1ccccc1)c1ccccc1. The van der Waals surface area contributed by atoms with Crippen LogP contribution in [0.4, 0.5) is 0 Å². The zero-order valence-electron chi connectivity index (χ0n) is 14.2. The Morgan fingerprint density at radius 1 is 0.760 bits per heavy atom. The lowest BCUT2D eigenvalue weighted by molar-refractivity contribution is 0.0783. The summed E-state index contributed by atoms with van der Waals surface area (Å²) >= 11 is 0. The molecule has 0 amide bonds. The number of benzene rings is 3. The Kier molecular flexibility index (Phi) is 5.83. The van der Waals surface area contributed by atoms with Crippen molar-refractivity contribution in [1.82, 2.24) is 0 Å². The fourth-order valence-corrected chi connectivity index (χ4v) is 2.80. The Bertz CT molecular complexity index is 772. The van der Waals surface area contributed by atoms with Gasteiger partial charge in [0, 0.05) is 12.7 Å². The smallest absolute Gasteiger partial charge is 0.147 e. The summed E-state index contributed by atoms with van der Waals surface area (Å²) in [5, 5.41) is 10.8. The monoisotopic (exact) mass is 334 g/mol. The van der Waals surface area contributed by atoms with Crippen LogP contribution in [-0.4, -0.2) is 18.8 Å². The Labute approximate surface area is 148 Å². The molecule has 0 saturated carbocycles. The lowest BCUT2D eigenvalue weighted by Crippen LogP contribution is -2.15. The van der Waals surface area contributed by atoms with Gasteiger partial charge in [-0.2, -0.15) is 0 Å². The predicted molar refractivity (Wildman–Crippen MR) is 98.6 cm³/mol. The second-order valence-corrected chi connectivity index (χ2v) is 5.82. The highest BCUT2D eigenvalue weighted by molar-refractivity contribution is 5.40. The number of methoxy groups -OCH3 is 1. The molecule has 0 radical (unpaired) electrons. The minimum atomic E-state index is -0.739. The zero-order valence-corrected chi connectivity index (χ0v) is 14.2. The molecule has 128 valence electrons. The van der Waals surface area contributed by atoms with Crippen molar-refractivity contribution in [1.29, 1.82) is 0 Å². The molecule has 0 aliphatic heterocycles. The molecule has 0 fully saturated rings. The van der Waals surface area contributed by atoms with E-state index in [4.69, 9.17) is 9.47 Å². The van der Waals surface area contributed by atoms with Crippen LogP contribution in [0.25, 0.3) is 0 Å². The van der Waals surface area contributed by atoms with Crippen LogP contribution in [0.3, 0.4) is 0 Å². The van der Waals surface area contributed by atoms with Gasteiger partial charge in [0.05, 0.1) is 6.61 Å². The van der Waals surface area contributed by atoms with Crippen LogP contribution in [0, 0.1) is 0 Å². The van der Waals surface area contributed by atoms with Crippen LogP contribution in [0.5, 0.6) is 5.75 Å². The molecule has 1 N–H and O–H groups in total. The molecule has 25 heavy (non-hydrogen) atoms. The third kappa shape index (κ3) is 4.27. The first-order chi connectivity index (χ1) is 12.3. The summed E-state index contributed by atoms with van der Waals surface area (Å²) in [6.45, 7) is 0.430. The first-order valence-electron chi connectivity index (χ1n) is 8.32. The maximum absolute atomic E-state index is 10.8. The Morgan fingerprint density at radius 3 is 1.96 bits per heavy atom. The van der Waals surface area contributed by atoms with Gasteiger partial charge < -0.3 is 14.6 Å². The van der Waals surface area contributed by atoms with Crippen molar-refractivity contribution in [3.05, 3.63) is 102 Å². The van der Waals surface area contributed by atoms with Crippen LogP contribution in [0.15, 0.2) is 84.9 Å². The molecule has 0 heterocycles. The van der Waals surface area contributed by atoms with Crippen LogP contribution in [-0.2, 0) is 4.74 Å². The second kappa shape index (κ2) is 8.47.